The Bertz CT molecular complexity index is 1640. The van der Waals surface area contributed by atoms with Crippen LogP contribution in [0, 0.1) is 19.8 Å². The van der Waals surface area contributed by atoms with E-state index in [9.17, 15) is 4.79 Å². The van der Waals surface area contributed by atoms with Crippen molar-refractivity contribution in [3.05, 3.63) is 111 Å². The number of aromatic amines is 1. The van der Waals surface area contributed by atoms with Crippen LogP contribution in [0.3, 0.4) is 0 Å². The second kappa shape index (κ2) is 11.8. The number of pyridine rings is 2. The van der Waals surface area contributed by atoms with E-state index in [1.807, 2.05) is 54.2 Å². The van der Waals surface area contributed by atoms with Gasteiger partial charge in [-0.3, -0.25) is 14.7 Å². The summed E-state index contributed by atoms with van der Waals surface area (Å²) >= 11 is 0. The van der Waals surface area contributed by atoms with Crippen LogP contribution >= 0.6 is 0 Å². The Morgan fingerprint density at radius 2 is 1.82 bits per heavy atom. The monoisotopic (exact) mass is 537 g/mol. The predicted molar refractivity (Wildman–Crippen MR) is 155 cm³/mol. The molecule has 5 aromatic rings. The molecule has 0 aliphatic rings. The summed E-state index contributed by atoms with van der Waals surface area (Å²) in [5.41, 5.74) is 5.81. The van der Waals surface area contributed by atoms with Gasteiger partial charge in [0.15, 0.2) is 5.82 Å². The minimum Gasteiger partial charge on any atom is -0.497 e. The molecule has 5 rings (SSSR count). The van der Waals surface area contributed by atoms with E-state index >= 15 is 0 Å². The Kier molecular flexibility index (Phi) is 8.02. The number of methoxy groups -OCH3 is 1. The van der Waals surface area contributed by atoms with Gasteiger partial charge in [0.25, 0.3) is 5.56 Å². The van der Waals surface area contributed by atoms with E-state index in [0.717, 1.165) is 44.7 Å². The van der Waals surface area contributed by atoms with Gasteiger partial charge in [-0.05, 0) is 82.6 Å². The molecule has 3 heterocycles. The molecule has 0 aliphatic carbocycles. The molecule has 206 valence electrons. The second-order valence-electron chi connectivity index (χ2n) is 10.7. The van der Waals surface area contributed by atoms with Crippen molar-refractivity contribution in [1.82, 2.24) is 35.1 Å². The number of hydrogen-bond acceptors (Lipinski definition) is 7. The Balaban J connectivity index is 1.54. The third-order valence-electron chi connectivity index (χ3n) is 7.19. The first-order valence-corrected chi connectivity index (χ1v) is 13.5. The van der Waals surface area contributed by atoms with Crippen LogP contribution in [-0.4, -0.2) is 42.2 Å². The lowest BCUT2D eigenvalue weighted by Crippen LogP contribution is -2.35. The number of H-pyrrole nitrogens is 1. The lowest BCUT2D eigenvalue weighted by Gasteiger charge is -2.33. The number of nitrogens with one attached hydrogen (secondary N) is 1. The number of fused-ring (bicyclic) bond motifs is 1. The smallest absolute Gasteiger partial charge is 0.252 e. The quantitative estimate of drug-likeness (QED) is 0.268. The number of ether oxygens (including phenoxy) is 1. The van der Waals surface area contributed by atoms with E-state index in [0.29, 0.717) is 25.2 Å². The van der Waals surface area contributed by atoms with Gasteiger partial charge in [0.05, 0.1) is 25.2 Å². The van der Waals surface area contributed by atoms with Crippen LogP contribution in [-0.2, 0) is 19.6 Å². The summed E-state index contributed by atoms with van der Waals surface area (Å²) in [4.78, 5) is 23.1. The fourth-order valence-electron chi connectivity index (χ4n) is 5.37. The van der Waals surface area contributed by atoms with E-state index in [1.165, 1.54) is 0 Å². The second-order valence-corrected chi connectivity index (χ2v) is 10.7. The minimum atomic E-state index is -0.164. The maximum atomic E-state index is 13.3. The summed E-state index contributed by atoms with van der Waals surface area (Å²) in [7, 11) is 1.65. The molecular weight excluding hydrogens is 502 g/mol. The highest BCUT2D eigenvalue weighted by molar-refractivity contribution is 5.82. The molecule has 0 aliphatic heterocycles. The number of hydrogen-bond donors (Lipinski definition) is 1. The van der Waals surface area contributed by atoms with Crippen LogP contribution in [0.5, 0.6) is 5.75 Å². The van der Waals surface area contributed by atoms with Crippen molar-refractivity contribution < 1.29 is 4.74 Å². The first-order chi connectivity index (χ1) is 19.3. The molecule has 9 nitrogen and oxygen atoms in total. The Labute approximate surface area is 233 Å². The molecule has 0 fully saturated rings. The molecule has 2 aromatic carbocycles. The summed E-state index contributed by atoms with van der Waals surface area (Å²) in [6, 6.07) is 17.9. The highest BCUT2D eigenvalue weighted by Crippen LogP contribution is 2.31. The average Bonchev–Trinajstić information content (AvgIpc) is 3.37. The van der Waals surface area contributed by atoms with Crippen molar-refractivity contribution in [3.8, 4) is 5.75 Å². The molecular formula is C31H35N7O2. The Morgan fingerprint density at radius 3 is 2.52 bits per heavy atom. The summed E-state index contributed by atoms with van der Waals surface area (Å²) in [6.45, 7) is 9.93. The van der Waals surface area contributed by atoms with Crippen LogP contribution in [0.2, 0.25) is 0 Å². The van der Waals surface area contributed by atoms with Gasteiger partial charge >= 0.3 is 0 Å². The van der Waals surface area contributed by atoms with Gasteiger partial charge in [-0.25, -0.2) is 4.68 Å². The van der Waals surface area contributed by atoms with E-state index in [-0.39, 0.29) is 17.5 Å². The fourth-order valence-corrected chi connectivity index (χ4v) is 5.37. The molecule has 0 amide bonds. The lowest BCUT2D eigenvalue weighted by molar-refractivity contribution is 0.126. The molecule has 1 atom stereocenters. The normalized spacial score (nSPS) is 12.4. The third-order valence-corrected chi connectivity index (χ3v) is 7.19. The maximum absolute atomic E-state index is 13.3. The molecule has 0 saturated carbocycles. The van der Waals surface area contributed by atoms with E-state index in [4.69, 9.17) is 4.74 Å². The largest absolute Gasteiger partial charge is 0.497 e. The van der Waals surface area contributed by atoms with Crippen molar-refractivity contribution in [3.63, 3.8) is 0 Å². The zero-order chi connectivity index (χ0) is 28.2. The van der Waals surface area contributed by atoms with Gasteiger partial charge in [0.2, 0.25) is 0 Å². The lowest BCUT2D eigenvalue weighted by atomic mass is 9.99. The molecule has 0 bridgehead atoms. The summed E-state index contributed by atoms with van der Waals surface area (Å²) < 4.78 is 7.15. The molecule has 0 spiro atoms. The molecule has 1 N–H and O–H groups in total. The fraction of sp³-hybridized carbons (Fsp3) is 0.323. The van der Waals surface area contributed by atoms with Crippen LogP contribution in [0.25, 0.3) is 10.9 Å². The summed E-state index contributed by atoms with van der Waals surface area (Å²) in [6.07, 6.45) is 3.63. The summed E-state index contributed by atoms with van der Waals surface area (Å²) in [5.74, 6) is 1.70. The zero-order valence-electron chi connectivity index (χ0n) is 23.6. The van der Waals surface area contributed by atoms with Crippen LogP contribution in [0.15, 0.2) is 71.8 Å². The maximum Gasteiger partial charge on any atom is 0.252 e. The Hall–Kier alpha value is -4.37. The highest BCUT2D eigenvalue weighted by atomic mass is 16.5. The summed E-state index contributed by atoms with van der Waals surface area (Å²) in [5, 5.41) is 13.9. The van der Waals surface area contributed by atoms with Crippen LogP contribution in [0.4, 0.5) is 0 Å². The van der Waals surface area contributed by atoms with Gasteiger partial charge in [-0.15, -0.1) is 5.10 Å². The topological polar surface area (TPSA) is 102 Å². The zero-order valence-corrected chi connectivity index (χ0v) is 23.6. The predicted octanol–water partition coefficient (Wildman–Crippen LogP) is 4.98. The Morgan fingerprint density at radius 1 is 1.02 bits per heavy atom. The van der Waals surface area contributed by atoms with E-state index in [2.05, 4.69) is 69.4 Å². The van der Waals surface area contributed by atoms with Gasteiger partial charge in [0, 0.05) is 31.0 Å². The molecule has 0 radical (unpaired) electrons. The van der Waals surface area contributed by atoms with E-state index < -0.39 is 0 Å². The standard InChI is InChI=1S/C31H35N7O2/c1-20(2)29(30-34-35-36-38(30)18-23-8-10-27(40-5)11-9-23)37(17-24-7-6-12-32-16-24)19-26-15-25-14-21(3)13-22(4)28(25)33-31(26)39/h6-16,20,29H,17-19H2,1-5H3,(H,33,39)/t29-/m0/s1. The van der Waals surface area contributed by atoms with Crippen molar-refractivity contribution >= 4 is 10.9 Å². The number of tetrazole rings is 1. The van der Waals surface area contributed by atoms with Gasteiger partial charge in [-0.2, -0.15) is 0 Å². The number of rotatable bonds is 10. The number of aromatic nitrogens is 6. The van der Waals surface area contributed by atoms with Crippen molar-refractivity contribution in [2.45, 2.75) is 53.4 Å². The van der Waals surface area contributed by atoms with E-state index in [1.54, 1.807) is 13.3 Å². The van der Waals surface area contributed by atoms with Crippen molar-refractivity contribution in [2.75, 3.05) is 7.11 Å². The molecule has 0 unspecified atom stereocenters. The first kappa shape index (κ1) is 27.2. The van der Waals surface area contributed by atoms with Gasteiger partial charge in [-0.1, -0.05) is 43.7 Å². The van der Waals surface area contributed by atoms with Gasteiger partial charge in [0.1, 0.15) is 5.75 Å². The van der Waals surface area contributed by atoms with Crippen molar-refractivity contribution in [2.24, 2.45) is 5.92 Å². The number of benzene rings is 2. The highest BCUT2D eigenvalue weighted by Gasteiger charge is 2.30. The van der Waals surface area contributed by atoms with Crippen LogP contribution in [0.1, 0.15) is 53.5 Å². The number of aryl methyl sites for hydroxylation is 2. The molecule has 40 heavy (non-hydrogen) atoms. The minimum absolute atomic E-state index is 0.0871. The molecule has 0 saturated heterocycles. The SMILES string of the molecule is COc1ccc(Cn2nnnc2[C@H](C(C)C)N(Cc2cccnc2)Cc2cc3cc(C)cc(C)c3[nH]c2=O)cc1. The third kappa shape index (κ3) is 5.94. The first-order valence-electron chi connectivity index (χ1n) is 13.5. The molecule has 3 aromatic heterocycles. The average molecular weight is 538 g/mol. The molecule has 9 heteroatoms. The number of nitrogens with zero attached hydrogens (tertiary/aromatic N) is 6. The van der Waals surface area contributed by atoms with Crippen LogP contribution < -0.4 is 10.3 Å². The van der Waals surface area contributed by atoms with Crippen molar-refractivity contribution in [1.29, 1.82) is 0 Å². The van der Waals surface area contributed by atoms with Gasteiger partial charge < -0.3 is 9.72 Å².